The SMILES string of the molecule is CCOc1cc2nc(COC)nc(Nc3cccc(-c4csc(C(N)=O)n4)c3)c2cc1OCC. The van der Waals surface area contributed by atoms with Gasteiger partial charge in [-0.1, -0.05) is 12.1 Å². The number of carbonyl (C=O) groups is 1. The van der Waals surface area contributed by atoms with Gasteiger partial charge in [0.05, 0.1) is 24.4 Å². The number of ether oxygens (including phenoxy) is 3. The number of methoxy groups -OCH3 is 1. The first-order chi connectivity index (χ1) is 16.5. The van der Waals surface area contributed by atoms with E-state index in [-0.39, 0.29) is 11.6 Å². The topological polar surface area (TPSA) is 121 Å². The predicted octanol–water partition coefficient (Wildman–Crippen LogP) is 4.54. The van der Waals surface area contributed by atoms with Crippen molar-refractivity contribution < 1.29 is 19.0 Å². The normalized spacial score (nSPS) is 10.9. The van der Waals surface area contributed by atoms with Gasteiger partial charge in [0, 0.05) is 35.2 Å². The second kappa shape index (κ2) is 10.4. The number of benzene rings is 2. The van der Waals surface area contributed by atoms with Crippen LogP contribution in [0.25, 0.3) is 22.2 Å². The van der Waals surface area contributed by atoms with Gasteiger partial charge in [0.2, 0.25) is 0 Å². The summed E-state index contributed by atoms with van der Waals surface area (Å²) in [5, 5.41) is 6.24. The average Bonchev–Trinajstić information content (AvgIpc) is 3.32. The van der Waals surface area contributed by atoms with Crippen molar-refractivity contribution in [2.24, 2.45) is 5.73 Å². The minimum Gasteiger partial charge on any atom is -0.490 e. The van der Waals surface area contributed by atoms with E-state index in [1.165, 1.54) is 11.3 Å². The van der Waals surface area contributed by atoms with Crippen LogP contribution in [0.5, 0.6) is 11.5 Å². The summed E-state index contributed by atoms with van der Waals surface area (Å²) < 4.78 is 16.8. The number of nitrogens with one attached hydrogen (secondary N) is 1. The fourth-order valence-electron chi connectivity index (χ4n) is 3.42. The number of amides is 1. The lowest BCUT2D eigenvalue weighted by Gasteiger charge is -2.15. The zero-order valence-electron chi connectivity index (χ0n) is 19.1. The van der Waals surface area contributed by atoms with E-state index >= 15 is 0 Å². The van der Waals surface area contributed by atoms with E-state index in [4.69, 9.17) is 19.9 Å². The second-order valence-corrected chi connectivity index (χ2v) is 8.07. The molecule has 2 aromatic heterocycles. The number of primary amides is 1. The highest BCUT2D eigenvalue weighted by Gasteiger charge is 2.15. The van der Waals surface area contributed by atoms with Gasteiger partial charge < -0.3 is 25.3 Å². The molecule has 0 atom stereocenters. The summed E-state index contributed by atoms with van der Waals surface area (Å²) in [4.78, 5) is 25.0. The zero-order chi connectivity index (χ0) is 24.1. The quantitative estimate of drug-likeness (QED) is 0.340. The highest BCUT2D eigenvalue weighted by molar-refractivity contribution is 7.12. The lowest BCUT2D eigenvalue weighted by Crippen LogP contribution is -2.10. The van der Waals surface area contributed by atoms with Crippen LogP contribution in [0.15, 0.2) is 41.8 Å². The molecule has 4 rings (SSSR count). The number of rotatable bonds is 10. The van der Waals surface area contributed by atoms with Crippen LogP contribution in [0.4, 0.5) is 11.5 Å². The molecule has 2 aromatic carbocycles. The zero-order valence-corrected chi connectivity index (χ0v) is 19.9. The number of anilines is 2. The number of nitrogens with zero attached hydrogens (tertiary/aromatic N) is 3. The average molecular weight is 480 g/mol. The van der Waals surface area contributed by atoms with Crippen molar-refractivity contribution in [3.63, 3.8) is 0 Å². The first-order valence-corrected chi connectivity index (χ1v) is 11.6. The highest BCUT2D eigenvalue weighted by atomic mass is 32.1. The minimum absolute atomic E-state index is 0.260. The summed E-state index contributed by atoms with van der Waals surface area (Å²) in [6.45, 7) is 5.11. The summed E-state index contributed by atoms with van der Waals surface area (Å²) in [7, 11) is 1.60. The van der Waals surface area contributed by atoms with Crippen LogP contribution in [0.3, 0.4) is 0 Å². The van der Waals surface area contributed by atoms with Crippen LogP contribution < -0.4 is 20.5 Å². The summed E-state index contributed by atoms with van der Waals surface area (Å²) in [5.41, 5.74) is 8.37. The highest BCUT2D eigenvalue weighted by Crippen LogP contribution is 2.36. The Morgan fingerprint density at radius 3 is 2.50 bits per heavy atom. The van der Waals surface area contributed by atoms with Crippen LogP contribution >= 0.6 is 11.3 Å². The molecule has 0 aliphatic carbocycles. The van der Waals surface area contributed by atoms with Gasteiger partial charge in [-0.05, 0) is 32.0 Å². The molecule has 3 N–H and O–H groups in total. The molecular weight excluding hydrogens is 454 g/mol. The molecule has 9 nitrogen and oxygen atoms in total. The maximum absolute atomic E-state index is 11.4. The summed E-state index contributed by atoms with van der Waals surface area (Å²) >= 11 is 1.22. The number of carbonyl (C=O) groups excluding carboxylic acids is 1. The maximum Gasteiger partial charge on any atom is 0.277 e. The molecule has 34 heavy (non-hydrogen) atoms. The standard InChI is InChI=1S/C24H25N5O4S/c1-4-32-19-10-16-17(11-20(19)33-5-2)27-21(12-31-3)29-23(16)26-15-8-6-7-14(9-15)18-13-34-24(28-18)22(25)30/h6-11,13H,4-5,12H2,1-3H3,(H2,25,30)(H,26,27,29). The molecule has 0 aliphatic rings. The molecule has 0 bridgehead atoms. The van der Waals surface area contributed by atoms with Crippen LogP contribution in [0.2, 0.25) is 0 Å². The lowest BCUT2D eigenvalue weighted by molar-refractivity contribution is 0.1000. The molecule has 0 saturated carbocycles. The second-order valence-electron chi connectivity index (χ2n) is 7.21. The number of aromatic nitrogens is 3. The number of thiazole rings is 1. The lowest BCUT2D eigenvalue weighted by atomic mass is 10.1. The number of nitrogens with two attached hydrogens (primary N) is 1. The number of hydrogen-bond acceptors (Lipinski definition) is 9. The Bertz CT molecular complexity index is 1320. The monoisotopic (exact) mass is 479 g/mol. The van der Waals surface area contributed by atoms with E-state index in [1.807, 2.05) is 50.2 Å². The first-order valence-electron chi connectivity index (χ1n) is 10.7. The number of hydrogen-bond donors (Lipinski definition) is 2. The fourth-order valence-corrected chi connectivity index (χ4v) is 4.10. The Kier molecular flexibility index (Phi) is 7.19. The molecule has 176 valence electrons. The third kappa shape index (κ3) is 5.08. The fraction of sp³-hybridized carbons (Fsp3) is 0.250. The minimum atomic E-state index is -0.541. The van der Waals surface area contributed by atoms with Crippen LogP contribution in [-0.2, 0) is 11.3 Å². The van der Waals surface area contributed by atoms with Gasteiger partial charge in [0.1, 0.15) is 12.4 Å². The van der Waals surface area contributed by atoms with E-state index in [0.717, 1.165) is 16.6 Å². The van der Waals surface area contributed by atoms with Crippen molar-refractivity contribution in [1.82, 2.24) is 15.0 Å². The first kappa shape index (κ1) is 23.4. The third-order valence-electron chi connectivity index (χ3n) is 4.82. The van der Waals surface area contributed by atoms with Crippen molar-refractivity contribution in [3.8, 4) is 22.8 Å². The molecule has 0 spiro atoms. The van der Waals surface area contributed by atoms with Crippen molar-refractivity contribution in [2.45, 2.75) is 20.5 Å². The Hall–Kier alpha value is -3.76. The predicted molar refractivity (Wildman–Crippen MR) is 132 cm³/mol. The van der Waals surface area contributed by atoms with Gasteiger partial charge in [-0.25, -0.2) is 15.0 Å². The van der Waals surface area contributed by atoms with Gasteiger partial charge >= 0.3 is 0 Å². The van der Waals surface area contributed by atoms with Gasteiger partial charge in [-0.3, -0.25) is 4.79 Å². The van der Waals surface area contributed by atoms with Gasteiger partial charge in [0.25, 0.3) is 5.91 Å². The third-order valence-corrected chi connectivity index (χ3v) is 5.67. The molecule has 0 fully saturated rings. The molecule has 0 unspecified atom stereocenters. The van der Waals surface area contributed by atoms with Crippen LogP contribution in [0.1, 0.15) is 29.5 Å². The van der Waals surface area contributed by atoms with Crippen molar-refractivity contribution in [1.29, 1.82) is 0 Å². The molecule has 0 aliphatic heterocycles. The Morgan fingerprint density at radius 1 is 1.06 bits per heavy atom. The smallest absolute Gasteiger partial charge is 0.277 e. The molecule has 2 heterocycles. The van der Waals surface area contributed by atoms with Gasteiger partial charge in [-0.15, -0.1) is 11.3 Å². The van der Waals surface area contributed by atoms with E-state index in [9.17, 15) is 4.79 Å². The molecule has 1 amide bonds. The molecule has 4 aromatic rings. The van der Waals surface area contributed by atoms with Gasteiger partial charge in [-0.2, -0.15) is 0 Å². The summed E-state index contributed by atoms with van der Waals surface area (Å²) in [5.74, 6) is 1.85. The Balaban J connectivity index is 1.76. The van der Waals surface area contributed by atoms with Crippen LogP contribution in [0, 0.1) is 0 Å². The van der Waals surface area contributed by atoms with Gasteiger partial charge in [0.15, 0.2) is 22.3 Å². The molecular formula is C24H25N5O4S. The molecule has 0 radical (unpaired) electrons. The Morgan fingerprint density at radius 2 is 1.82 bits per heavy atom. The van der Waals surface area contributed by atoms with Crippen LogP contribution in [-0.4, -0.2) is 41.2 Å². The molecule has 10 heteroatoms. The van der Waals surface area contributed by atoms with Crippen molar-refractivity contribution in [2.75, 3.05) is 25.6 Å². The van der Waals surface area contributed by atoms with E-state index < -0.39 is 5.91 Å². The maximum atomic E-state index is 11.4. The summed E-state index contributed by atoms with van der Waals surface area (Å²) in [6, 6.07) is 11.4. The van der Waals surface area contributed by atoms with Crippen molar-refractivity contribution >= 4 is 39.7 Å². The largest absolute Gasteiger partial charge is 0.490 e. The van der Waals surface area contributed by atoms with E-state index in [1.54, 1.807) is 12.5 Å². The number of fused-ring (bicyclic) bond motifs is 1. The Labute approximate surface area is 200 Å². The van der Waals surface area contributed by atoms with E-state index in [2.05, 4.69) is 20.3 Å². The summed E-state index contributed by atoms with van der Waals surface area (Å²) in [6.07, 6.45) is 0. The molecule has 0 saturated heterocycles. The van der Waals surface area contributed by atoms with Crippen molar-refractivity contribution in [3.05, 3.63) is 52.6 Å². The van der Waals surface area contributed by atoms with E-state index in [0.29, 0.717) is 47.6 Å².